The van der Waals surface area contributed by atoms with Crippen LogP contribution < -0.4 is 14.8 Å². The van der Waals surface area contributed by atoms with Crippen LogP contribution in [-0.4, -0.2) is 24.2 Å². The summed E-state index contributed by atoms with van der Waals surface area (Å²) in [5.74, 6) is 0.898. The lowest BCUT2D eigenvalue weighted by atomic mass is 10.1. The van der Waals surface area contributed by atoms with Crippen molar-refractivity contribution in [2.24, 2.45) is 0 Å². The third-order valence-corrected chi connectivity index (χ3v) is 6.37. The molecule has 0 bridgehead atoms. The first-order chi connectivity index (χ1) is 13.7. The Morgan fingerprint density at radius 3 is 2.96 bits per heavy atom. The minimum absolute atomic E-state index is 0.622. The second-order valence-electron chi connectivity index (χ2n) is 6.94. The zero-order valence-corrected chi connectivity index (χ0v) is 17.8. The second-order valence-corrected chi connectivity index (χ2v) is 8.64. The lowest BCUT2D eigenvalue weighted by Gasteiger charge is -2.12. The van der Waals surface area contributed by atoms with Crippen LogP contribution in [0.2, 0.25) is 10.0 Å². The molecule has 148 valence electrons. The molecule has 1 fully saturated rings. The molecule has 3 N–H and O–H groups in total. The molecule has 1 aliphatic rings. The van der Waals surface area contributed by atoms with Crippen molar-refractivity contribution in [3.63, 3.8) is 0 Å². The van der Waals surface area contributed by atoms with E-state index in [1.807, 2.05) is 24.3 Å². The average molecular weight is 436 g/mol. The first-order valence-corrected chi connectivity index (χ1v) is 11.1. The summed E-state index contributed by atoms with van der Waals surface area (Å²) in [5.41, 5.74) is 1.84. The maximum atomic E-state index is 6.26. The van der Waals surface area contributed by atoms with Gasteiger partial charge in [-0.15, -0.1) is 0 Å². The number of nitrogens with one attached hydrogen (secondary N) is 3. The Morgan fingerprint density at radius 1 is 1.18 bits per heavy atom. The van der Waals surface area contributed by atoms with Gasteiger partial charge in [0.1, 0.15) is 5.75 Å². The molecule has 0 radical (unpaired) electrons. The molecule has 7 heteroatoms. The highest BCUT2D eigenvalue weighted by Gasteiger charge is 2.13. The highest BCUT2D eigenvalue weighted by molar-refractivity contribution is 8.00. The molecule has 1 aromatic heterocycles. The summed E-state index contributed by atoms with van der Waals surface area (Å²) in [6, 6.07) is 12.6. The average Bonchev–Trinajstić information content (AvgIpc) is 3.36. The second kappa shape index (κ2) is 9.31. The van der Waals surface area contributed by atoms with E-state index in [2.05, 4.69) is 27.2 Å². The number of hydrogen-bond donors (Lipinski definition) is 3. The molecule has 0 saturated carbocycles. The van der Waals surface area contributed by atoms with Gasteiger partial charge >= 0.3 is 0 Å². The maximum Gasteiger partial charge on any atom is 0.120 e. The number of aromatic amines is 1. The van der Waals surface area contributed by atoms with Gasteiger partial charge in [-0.05, 0) is 74.5 Å². The van der Waals surface area contributed by atoms with E-state index in [0.29, 0.717) is 16.1 Å². The van der Waals surface area contributed by atoms with Crippen molar-refractivity contribution in [2.45, 2.75) is 36.6 Å². The van der Waals surface area contributed by atoms with Crippen molar-refractivity contribution >= 4 is 51.7 Å². The van der Waals surface area contributed by atoms with E-state index >= 15 is 0 Å². The summed E-state index contributed by atoms with van der Waals surface area (Å²) in [7, 11) is 0. The van der Waals surface area contributed by atoms with Gasteiger partial charge in [0, 0.05) is 22.5 Å². The Bertz CT molecular complexity index is 941. The number of anilines is 1. The van der Waals surface area contributed by atoms with E-state index in [9.17, 15) is 0 Å². The number of rotatable bonds is 8. The number of aromatic nitrogens is 1. The van der Waals surface area contributed by atoms with Crippen LogP contribution in [0.15, 0.2) is 47.5 Å². The van der Waals surface area contributed by atoms with E-state index in [1.54, 1.807) is 6.20 Å². The predicted octanol–water partition coefficient (Wildman–Crippen LogP) is 6.50. The van der Waals surface area contributed by atoms with Gasteiger partial charge in [-0.2, -0.15) is 0 Å². The third kappa shape index (κ3) is 4.71. The summed E-state index contributed by atoms with van der Waals surface area (Å²) in [6.07, 6.45) is 6.60. The molecule has 3 aromatic rings. The number of H-pyrrole nitrogens is 1. The monoisotopic (exact) mass is 435 g/mol. The van der Waals surface area contributed by atoms with Gasteiger partial charge in [0.05, 0.1) is 27.9 Å². The van der Waals surface area contributed by atoms with Crippen LogP contribution >= 0.6 is 35.1 Å². The van der Waals surface area contributed by atoms with Crippen LogP contribution in [0.4, 0.5) is 5.69 Å². The fourth-order valence-corrected chi connectivity index (χ4v) is 4.80. The molecular weight excluding hydrogens is 413 g/mol. The van der Waals surface area contributed by atoms with Crippen molar-refractivity contribution in [1.29, 1.82) is 0 Å². The van der Waals surface area contributed by atoms with Gasteiger partial charge in [-0.1, -0.05) is 29.3 Å². The minimum Gasteiger partial charge on any atom is -0.494 e. The van der Waals surface area contributed by atoms with E-state index in [4.69, 9.17) is 27.9 Å². The van der Waals surface area contributed by atoms with Crippen LogP contribution in [0.3, 0.4) is 0 Å². The van der Waals surface area contributed by atoms with Crippen molar-refractivity contribution < 1.29 is 4.74 Å². The van der Waals surface area contributed by atoms with Gasteiger partial charge in [0.25, 0.3) is 0 Å². The number of ether oxygens (including phenoxy) is 1. The van der Waals surface area contributed by atoms with E-state index in [1.165, 1.54) is 31.2 Å². The third-order valence-electron chi connectivity index (χ3n) is 4.95. The van der Waals surface area contributed by atoms with Crippen molar-refractivity contribution in [1.82, 2.24) is 10.3 Å². The van der Waals surface area contributed by atoms with Gasteiger partial charge in [0.2, 0.25) is 0 Å². The molecule has 2 heterocycles. The van der Waals surface area contributed by atoms with Crippen molar-refractivity contribution in [3.05, 3.63) is 52.6 Å². The summed E-state index contributed by atoms with van der Waals surface area (Å²) in [6.45, 7) is 1.91. The van der Waals surface area contributed by atoms with Gasteiger partial charge in [0.15, 0.2) is 0 Å². The fourth-order valence-electron chi connectivity index (χ4n) is 3.52. The highest BCUT2D eigenvalue weighted by atomic mass is 35.5. The van der Waals surface area contributed by atoms with Crippen LogP contribution in [0.25, 0.3) is 10.9 Å². The Hall–Kier alpha value is -1.53. The molecule has 1 unspecified atom stereocenters. The summed E-state index contributed by atoms with van der Waals surface area (Å²) < 4.78 is 9.32. The molecule has 4 nitrogen and oxygen atoms in total. The Labute approximate surface area is 179 Å². The normalized spacial score (nSPS) is 16.6. The Balaban J connectivity index is 1.33. The largest absolute Gasteiger partial charge is 0.494 e. The van der Waals surface area contributed by atoms with Crippen LogP contribution in [0, 0.1) is 0 Å². The Morgan fingerprint density at radius 2 is 2.11 bits per heavy atom. The van der Waals surface area contributed by atoms with Gasteiger partial charge < -0.3 is 19.8 Å². The van der Waals surface area contributed by atoms with Crippen LogP contribution in [0.5, 0.6) is 5.75 Å². The number of hydrogen-bond acceptors (Lipinski definition) is 4. The first kappa shape index (κ1) is 19.8. The number of halogens is 2. The predicted molar refractivity (Wildman–Crippen MR) is 120 cm³/mol. The summed E-state index contributed by atoms with van der Waals surface area (Å²) in [5, 5.41) is 5.62. The number of fused-ring (bicyclic) bond motifs is 1. The Kier molecular flexibility index (Phi) is 6.58. The fraction of sp³-hybridized carbons (Fsp3) is 0.333. The van der Waals surface area contributed by atoms with Gasteiger partial charge in [-0.25, -0.2) is 0 Å². The standard InChI is InChI=1S/C21H23Cl2N3OS/c22-17-8-9-19(21-20(17)18(23)13-25-21)26-28-16-7-1-6-15(12-16)27-11-3-5-14-4-2-10-24-14/h1,6-9,12-14,24-26H,2-5,10-11H2. The molecule has 1 atom stereocenters. The lowest BCUT2D eigenvalue weighted by molar-refractivity contribution is 0.298. The molecular formula is C21H23Cl2N3OS. The molecule has 1 aliphatic heterocycles. The van der Waals surface area contributed by atoms with Gasteiger partial charge in [-0.3, -0.25) is 0 Å². The zero-order chi connectivity index (χ0) is 19.3. The lowest BCUT2D eigenvalue weighted by Crippen LogP contribution is -2.21. The maximum absolute atomic E-state index is 6.26. The smallest absolute Gasteiger partial charge is 0.120 e. The van der Waals surface area contributed by atoms with E-state index in [-0.39, 0.29) is 0 Å². The topological polar surface area (TPSA) is 49.1 Å². The zero-order valence-electron chi connectivity index (χ0n) is 15.4. The molecule has 28 heavy (non-hydrogen) atoms. The molecule has 1 saturated heterocycles. The highest BCUT2D eigenvalue weighted by Crippen LogP contribution is 2.36. The molecule has 0 spiro atoms. The summed E-state index contributed by atoms with van der Waals surface area (Å²) in [4.78, 5) is 4.26. The SMILES string of the molecule is Clc1ccc(NSc2cccc(OCCCC3CCCN3)c2)c2[nH]cc(Cl)c12. The van der Waals surface area contributed by atoms with Crippen LogP contribution in [0.1, 0.15) is 25.7 Å². The molecule has 0 aliphatic carbocycles. The molecule has 2 aromatic carbocycles. The summed E-state index contributed by atoms with van der Waals surface area (Å²) >= 11 is 14.0. The van der Waals surface area contributed by atoms with Crippen molar-refractivity contribution in [2.75, 3.05) is 17.9 Å². The van der Waals surface area contributed by atoms with E-state index in [0.717, 1.165) is 46.8 Å². The van der Waals surface area contributed by atoms with E-state index < -0.39 is 0 Å². The minimum atomic E-state index is 0.622. The van der Waals surface area contributed by atoms with Crippen molar-refractivity contribution in [3.8, 4) is 5.75 Å². The molecule has 4 rings (SSSR count). The number of benzene rings is 2. The quantitative estimate of drug-likeness (QED) is 0.279. The first-order valence-electron chi connectivity index (χ1n) is 9.55. The molecule has 0 amide bonds. The van der Waals surface area contributed by atoms with Crippen LogP contribution in [-0.2, 0) is 0 Å².